The van der Waals surface area contributed by atoms with Crippen LogP contribution >= 0.6 is 23.2 Å². The van der Waals surface area contributed by atoms with Gasteiger partial charge in [0.25, 0.3) is 0 Å². The predicted octanol–water partition coefficient (Wildman–Crippen LogP) is 1.27. The molecule has 0 spiro atoms. The highest BCUT2D eigenvalue weighted by Gasteiger charge is 2.10. The van der Waals surface area contributed by atoms with Crippen LogP contribution in [0, 0.1) is 0 Å². The first kappa shape index (κ1) is 15.0. The average Bonchev–Trinajstić information content (AvgIpc) is 2.34. The van der Waals surface area contributed by atoms with E-state index in [0.29, 0.717) is 10.8 Å². The molecule has 1 unspecified atom stereocenters. The summed E-state index contributed by atoms with van der Waals surface area (Å²) in [6.07, 6.45) is -1.09. The van der Waals surface area contributed by atoms with E-state index in [-0.39, 0.29) is 18.2 Å². The van der Waals surface area contributed by atoms with E-state index in [1.807, 2.05) is 0 Å². The number of aliphatic hydroxyl groups is 2. The van der Waals surface area contributed by atoms with E-state index in [0.717, 1.165) is 0 Å². The highest BCUT2D eigenvalue weighted by atomic mass is 35.5. The fourth-order valence-electron chi connectivity index (χ4n) is 1.01. The highest BCUT2D eigenvalue weighted by Crippen LogP contribution is 2.27. The maximum absolute atomic E-state index is 11.2. The largest absolute Gasteiger partial charge is 0.480 e. The van der Waals surface area contributed by atoms with Gasteiger partial charge in [-0.3, -0.25) is 0 Å². The number of ether oxygens (including phenoxy) is 2. The molecule has 1 aromatic rings. The van der Waals surface area contributed by atoms with Gasteiger partial charge in [-0.25, -0.2) is 4.79 Å². The minimum atomic E-state index is -1.09. The number of aliphatic hydroxyl groups excluding tert-OH is 2. The van der Waals surface area contributed by atoms with Crippen molar-refractivity contribution in [3.05, 3.63) is 28.2 Å². The van der Waals surface area contributed by atoms with Gasteiger partial charge in [0.15, 0.2) is 6.61 Å². The number of carbonyl (C=O) groups excluding carboxylic acids is 1. The maximum atomic E-state index is 11.2. The second kappa shape index (κ2) is 7.43. The first-order chi connectivity index (χ1) is 8.52. The van der Waals surface area contributed by atoms with Crippen LogP contribution in [0.25, 0.3) is 0 Å². The monoisotopic (exact) mass is 294 g/mol. The molecule has 0 aromatic heterocycles. The summed E-state index contributed by atoms with van der Waals surface area (Å²) >= 11 is 11.5. The Morgan fingerprint density at radius 1 is 1.39 bits per heavy atom. The molecule has 0 fully saturated rings. The summed E-state index contributed by atoms with van der Waals surface area (Å²) in [6, 6.07) is 4.59. The van der Waals surface area contributed by atoms with E-state index in [1.54, 1.807) is 6.07 Å². The Balaban J connectivity index is 2.38. The molecule has 0 saturated carbocycles. The molecule has 0 amide bonds. The molecule has 0 radical (unpaired) electrons. The van der Waals surface area contributed by atoms with Crippen LogP contribution in [0.5, 0.6) is 5.75 Å². The molecule has 7 heteroatoms. The Kier molecular flexibility index (Phi) is 6.21. The third kappa shape index (κ3) is 5.10. The molecule has 18 heavy (non-hydrogen) atoms. The van der Waals surface area contributed by atoms with Crippen LogP contribution in [0.3, 0.4) is 0 Å². The molecule has 100 valence electrons. The van der Waals surface area contributed by atoms with Crippen LogP contribution in [-0.4, -0.2) is 42.1 Å². The van der Waals surface area contributed by atoms with Gasteiger partial charge in [0.1, 0.15) is 18.5 Å². The van der Waals surface area contributed by atoms with E-state index in [1.165, 1.54) is 12.1 Å². The van der Waals surface area contributed by atoms with Crippen LogP contribution in [0.1, 0.15) is 0 Å². The van der Waals surface area contributed by atoms with Crippen molar-refractivity contribution >= 4 is 29.2 Å². The summed E-state index contributed by atoms with van der Waals surface area (Å²) in [7, 11) is 0. The molecule has 0 aliphatic carbocycles. The van der Waals surface area contributed by atoms with Gasteiger partial charge < -0.3 is 19.7 Å². The van der Waals surface area contributed by atoms with Crippen molar-refractivity contribution in [3.63, 3.8) is 0 Å². The van der Waals surface area contributed by atoms with Crippen LogP contribution in [0.4, 0.5) is 0 Å². The van der Waals surface area contributed by atoms with E-state index in [2.05, 4.69) is 4.74 Å². The molecule has 5 nitrogen and oxygen atoms in total. The summed E-state index contributed by atoms with van der Waals surface area (Å²) in [5.74, 6) is -0.366. The number of benzene rings is 1. The molecule has 0 aliphatic heterocycles. The Hall–Kier alpha value is -1.01. The van der Waals surface area contributed by atoms with Gasteiger partial charge in [-0.2, -0.15) is 0 Å². The molecule has 1 rings (SSSR count). The second-order valence-electron chi connectivity index (χ2n) is 3.38. The third-order valence-corrected chi connectivity index (χ3v) is 2.42. The van der Waals surface area contributed by atoms with Crippen LogP contribution in [-0.2, 0) is 9.53 Å². The van der Waals surface area contributed by atoms with Crippen molar-refractivity contribution < 1.29 is 24.5 Å². The first-order valence-electron chi connectivity index (χ1n) is 5.05. The molecule has 0 saturated heterocycles. The summed E-state index contributed by atoms with van der Waals surface area (Å²) in [4.78, 5) is 11.2. The normalized spacial score (nSPS) is 12.0. The first-order valence-corrected chi connectivity index (χ1v) is 5.81. The van der Waals surface area contributed by atoms with Crippen LogP contribution < -0.4 is 4.74 Å². The highest BCUT2D eigenvalue weighted by molar-refractivity contribution is 6.35. The van der Waals surface area contributed by atoms with Crippen LogP contribution in [0.2, 0.25) is 10.0 Å². The van der Waals surface area contributed by atoms with Gasteiger partial charge in [-0.05, 0) is 18.2 Å². The van der Waals surface area contributed by atoms with Gasteiger partial charge in [-0.1, -0.05) is 23.2 Å². The number of hydrogen-bond acceptors (Lipinski definition) is 5. The minimum Gasteiger partial charge on any atom is -0.480 e. The van der Waals surface area contributed by atoms with Crippen molar-refractivity contribution in [2.75, 3.05) is 19.8 Å². The Labute approximate surface area is 114 Å². The fraction of sp³-hybridized carbons (Fsp3) is 0.364. The maximum Gasteiger partial charge on any atom is 0.344 e. The predicted molar refractivity (Wildman–Crippen MR) is 66.0 cm³/mol. The lowest BCUT2D eigenvalue weighted by Crippen LogP contribution is -2.24. The summed E-state index contributed by atoms with van der Waals surface area (Å²) in [5, 5.41) is 18.2. The number of halogens is 2. The number of esters is 1. The Bertz CT molecular complexity index is 410. The van der Waals surface area contributed by atoms with Crippen molar-refractivity contribution in [1.29, 1.82) is 0 Å². The van der Waals surface area contributed by atoms with Gasteiger partial charge in [0.05, 0.1) is 11.6 Å². The SMILES string of the molecule is O=C(COc1ccc(Cl)cc1Cl)OCC(O)CO. The lowest BCUT2D eigenvalue weighted by Gasteiger charge is -2.10. The fourth-order valence-corrected chi connectivity index (χ4v) is 1.48. The summed E-state index contributed by atoms with van der Waals surface area (Å²) in [5.41, 5.74) is 0. The Morgan fingerprint density at radius 2 is 2.11 bits per heavy atom. The van der Waals surface area contributed by atoms with Gasteiger partial charge in [0, 0.05) is 5.02 Å². The smallest absolute Gasteiger partial charge is 0.344 e. The molecule has 1 atom stereocenters. The lowest BCUT2D eigenvalue weighted by atomic mass is 10.3. The van der Waals surface area contributed by atoms with Gasteiger partial charge in [-0.15, -0.1) is 0 Å². The average molecular weight is 295 g/mol. The van der Waals surface area contributed by atoms with Crippen molar-refractivity contribution in [2.24, 2.45) is 0 Å². The Morgan fingerprint density at radius 3 is 2.72 bits per heavy atom. The second-order valence-corrected chi connectivity index (χ2v) is 4.23. The van der Waals surface area contributed by atoms with Crippen molar-refractivity contribution in [1.82, 2.24) is 0 Å². The molecule has 0 heterocycles. The molecule has 2 N–H and O–H groups in total. The summed E-state index contributed by atoms with van der Waals surface area (Å²) in [6.45, 7) is -1.11. The zero-order valence-corrected chi connectivity index (χ0v) is 10.8. The summed E-state index contributed by atoms with van der Waals surface area (Å²) < 4.78 is 9.75. The molecule has 0 aliphatic rings. The number of rotatable bonds is 6. The van der Waals surface area contributed by atoms with E-state index >= 15 is 0 Å². The molecular formula is C11H12Cl2O5. The van der Waals surface area contributed by atoms with Gasteiger partial charge in [0.2, 0.25) is 0 Å². The van der Waals surface area contributed by atoms with E-state index in [9.17, 15) is 4.79 Å². The molecule has 1 aromatic carbocycles. The topological polar surface area (TPSA) is 76.0 Å². The number of carbonyl (C=O) groups is 1. The lowest BCUT2D eigenvalue weighted by molar-refractivity contribution is -0.149. The molecular weight excluding hydrogens is 283 g/mol. The number of hydrogen-bond donors (Lipinski definition) is 2. The van der Waals surface area contributed by atoms with Gasteiger partial charge >= 0.3 is 5.97 Å². The third-order valence-electron chi connectivity index (χ3n) is 1.89. The zero-order chi connectivity index (χ0) is 13.5. The van der Waals surface area contributed by atoms with Crippen molar-refractivity contribution in [2.45, 2.75) is 6.10 Å². The zero-order valence-electron chi connectivity index (χ0n) is 9.31. The minimum absolute atomic E-state index is 0.283. The van der Waals surface area contributed by atoms with Crippen LogP contribution in [0.15, 0.2) is 18.2 Å². The van der Waals surface area contributed by atoms with E-state index < -0.39 is 18.7 Å². The quantitative estimate of drug-likeness (QED) is 0.773. The standard InChI is InChI=1S/C11H12Cl2O5/c12-7-1-2-10(9(13)3-7)17-6-11(16)18-5-8(15)4-14/h1-3,8,14-15H,4-6H2. The molecule has 0 bridgehead atoms. The van der Waals surface area contributed by atoms with E-state index in [4.69, 9.17) is 38.2 Å². The van der Waals surface area contributed by atoms with Crippen molar-refractivity contribution in [3.8, 4) is 5.75 Å².